The molecule has 0 bridgehead atoms. The van der Waals surface area contributed by atoms with Crippen molar-refractivity contribution >= 4 is 41.4 Å². The predicted octanol–water partition coefficient (Wildman–Crippen LogP) is 0.700. The Morgan fingerprint density at radius 1 is 1.18 bits per heavy atom. The normalized spacial score (nSPS) is 18.0. The van der Waals surface area contributed by atoms with E-state index in [-0.39, 0.29) is 9.81 Å². The quantitative estimate of drug-likeness (QED) is 0.694. The summed E-state index contributed by atoms with van der Waals surface area (Å²) >= 11 is 2.20. The highest BCUT2D eigenvalue weighted by Gasteiger charge is 2.38. The molecule has 17 heavy (non-hydrogen) atoms. The number of carboxylic acid groups (broad SMARTS) is 2. The average molecular weight is 277 g/mol. The summed E-state index contributed by atoms with van der Waals surface area (Å²) in [5.74, 6) is -3.01. The Morgan fingerprint density at radius 3 is 2.18 bits per heavy atom. The van der Waals surface area contributed by atoms with Crippen molar-refractivity contribution in [3.05, 3.63) is 9.81 Å². The number of hydrogen-bond donors (Lipinski definition) is 3. The summed E-state index contributed by atoms with van der Waals surface area (Å²) in [4.78, 5) is 32.9. The van der Waals surface area contributed by atoms with Crippen LogP contribution in [0.4, 0.5) is 0 Å². The fraction of sp³-hybridized carbons (Fsp3) is 0.444. The number of hydrogen-bond acceptors (Lipinski definition) is 5. The maximum Gasteiger partial charge on any atom is 0.343 e. The lowest BCUT2D eigenvalue weighted by molar-refractivity contribution is -0.137. The van der Waals surface area contributed by atoms with E-state index in [1.807, 2.05) is 0 Å². The second-order valence-corrected chi connectivity index (χ2v) is 7.17. The number of nitrogens with one attached hydrogen (secondary N) is 1. The van der Waals surface area contributed by atoms with Gasteiger partial charge in [0.2, 0.25) is 0 Å². The van der Waals surface area contributed by atoms with Crippen LogP contribution in [-0.4, -0.2) is 38.7 Å². The van der Waals surface area contributed by atoms with Crippen LogP contribution in [0.1, 0.15) is 13.8 Å². The first-order chi connectivity index (χ1) is 7.73. The zero-order chi connectivity index (χ0) is 13.2. The molecule has 0 spiro atoms. The summed E-state index contributed by atoms with van der Waals surface area (Å²) in [5.41, 5.74) is 0. The minimum atomic E-state index is -1.18. The highest BCUT2D eigenvalue weighted by molar-refractivity contribution is 8.25. The molecule has 0 saturated carbocycles. The van der Waals surface area contributed by atoms with Crippen LogP contribution in [0.15, 0.2) is 9.81 Å². The molecular weight excluding hydrogens is 266 g/mol. The van der Waals surface area contributed by atoms with Crippen LogP contribution >= 0.6 is 23.5 Å². The van der Waals surface area contributed by atoms with Gasteiger partial charge in [0.25, 0.3) is 5.91 Å². The molecule has 1 aliphatic rings. The number of amides is 1. The molecule has 1 amide bonds. The molecule has 0 fully saturated rings. The third kappa shape index (κ3) is 3.67. The zero-order valence-electron chi connectivity index (χ0n) is 9.14. The molecule has 0 aromatic heterocycles. The van der Waals surface area contributed by atoms with Gasteiger partial charge >= 0.3 is 11.9 Å². The van der Waals surface area contributed by atoms with Gasteiger partial charge in [-0.25, -0.2) is 4.79 Å². The van der Waals surface area contributed by atoms with E-state index < -0.39 is 28.5 Å². The molecule has 1 heterocycles. The van der Waals surface area contributed by atoms with Crippen LogP contribution in [0.2, 0.25) is 0 Å². The van der Waals surface area contributed by atoms with Gasteiger partial charge in [-0.15, -0.1) is 11.8 Å². The number of rotatable bonds is 4. The molecule has 0 aromatic rings. The molecule has 0 atom stereocenters. The Kier molecular flexibility index (Phi) is 4.10. The topological polar surface area (TPSA) is 104 Å². The van der Waals surface area contributed by atoms with E-state index in [0.29, 0.717) is 0 Å². The van der Waals surface area contributed by atoms with Gasteiger partial charge < -0.3 is 15.5 Å². The van der Waals surface area contributed by atoms with Gasteiger partial charge in [-0.2, -0.15) is 0 Å². The second-order valence-electron chi connectivity index (χ2n) is 3.64. The van der Waals surface area contributed by atoms with Crippen LogP contribution in [0.5, 0.6) is 0 Å². The van der Waals surface area contributed by atoms with Crippen molar-refractivity contribution in [3.8, 4) is 0 Å². The first-order valence-electron chi connectivity index (χ1n) is 4.58. The molecule has 1 aliphatic heterocycles. The molecule has 0 aromatic carbocycles. The van der Waals surface area contributed by atoms with Crippen molar-refractivity contribution in [2.24, 2.45) is 0 Å². The van der Waals surface area contributed by atoms with Crippen molar-refractivity contribution in [1.82, 2.24) is 5.32 Å². The largest absolute Gasteiger partial charge is 0.480 e. The monoisotopic (exact) mass is 277 g/mol. The van der Waals surface area contributed by atoms with Gasteiger partial charge in [-0.1, -0.05) is 11.8 Å². The van der Waals surface area contributed by atoms with Gasteiger partial charge in [0.1, 0.15) is 11.4 Å². The Labute approximate surface area is 106 Å². The van der Waals surface area contributed by atoms with Crippen LogP contribution in [0.25, 0.3) is 0 Å². The first kappa shape index (κ1) is 13.9. The molecule has 0 saturated heterocycles. The molecule has 0 unspecified atom stereocenters. The molecule has 94 valence electrons. The summed E-state index contributed by atoms with van der Waals surface area (Å²) in [6, 6.07) is 0. The third-order valence-corrected chi connectivity index (χ3v) is 4.49. The minimum Gasteiger partial charge on any atom is -0.480 e. The van der Waals surface area contributed by atoms with Crippen molar-refractivity contribution in [2.75, 3.05) is 6.54 Å². The lowest BCUT2D eigenvalue weighted by Gasteiger charge is -2.14. The average Bonchev–Trinajstić information content (AvgIpc) is 2.51. The van der Waals surface area contributed by atoms with Crippen LogP contribution in [0, 0.1) is 0 Å². The molecule has 3 N–H and O–H groups in total. The Bertz CT molecular complexity index is 416. The van der Waals surface area contributed by atoms with Gasteiger partial charge in [-0.3, -0.25) is 9.59 Å². The van der Waals surface area contributed by atoms with Gasteiger partial charge in [-0.05, 0) is 13.8 Å². The number of carbonyl (C=O) groups is 3. The number of thioether (sulfide) groups is 2. The standard InChI is InChI=1S/C9H11NO5S2/c1-9(2)16-5(6(17-9)8(14)15)7(13)10-3-4(11)12/h3H2,1-2H3,(H,10,13)(H,11,12)(H,14,15). The number of carbonyl (C=O) groups excluding carboxylic acids is 1. The Morgan fingerprint density at radius 2 is 1.71 bits per heavy atom. The smallest absolute Gasteiger partial charge is 0.343 e. The lowest BCUT2D eigenvalue weighted by Crippen LogP contribution is -2.30. The van der Waals surface area contributed by atoms with E-state index in [1.54, 1.807) is 13.8 Å². The molecule has 1 rings (SSSR count). The van der Waals surface area contributed by atoms with Gasteiger partial charge in [0.15, 0.2) is 0 Å². The van der Waals surface area contributed by atoms with E-state index in [1.165, 1.54) is 0 Å². The van der Waals surface area contributed by atoms with Crippen molar-refractivity contribution in [3.63, 3.8) is 0 Å². The summed E-state index contributed by atoms with van der Waals surface area (Å²) in [6.07, 6.45) is 0. The van der Waals surface area contributed by atoms with Crippen molar-refractivity contribution < 1.29 is 24.6 Å². The molecule has 8 heteroatoms. The first-order valence-corrected chi connectivity index (χ1v) is 6.22. The molecule has 6 nitrogen and oxygen atoms in total. The number of carboxylic acids is 2. The summed E-state index contributed by atoms with van der Waals surface area (Å²) in [7, 11) is 0. The van der Waals surface area contributed by atoms with Crippen molar-refractivity contribution in [2.45, 2.75) is 17.9 Å². The van der Waals surface area contributed by atoms with E-state index in [4.69, 9.17) is 10.2 Å². The molecule has 0 radical (unpaired) electrons. The Hall–Kier alpha value is -1.15. The maximum atomic E-state index is 11.6. The fourth-order valence-corrected chi connectivity index (χ4v) is 3.65. The lowest BCUT2D eigenvalue weighted by atomic mass is 10.4. The minimum absolute atomic E-state index is 0.0390. The van der Waals surface area contributed by atoms with Gasteiger partial charge in [0.05, 0.1) is 8.98 Å². The highest BCUT2D eigenvalue weighted by Crippen LogP contribution is 2.53. The van der Waals surface area contributed by atoms with Crippen LogP contribution in [-0.2, 0) is 14.4 Å². The summed E-state index contributed by atoms with van der Waals surface area (Å²) < 4.78 is -0.441. The number of aliphatic carboxylic acids is 2. The predicted molar refractivity (Wildman–Crippen MR) is 64.6 cm³/mol. The highest BCUT2D eigenvalue weighted by atomic mass is 32.2. The fourth-order valence-electron chi connectivity index (χ4n) is 1.13. The molecular formula is C9H11NO5S2. The van der Waals surface area contributed by atoms with Crippen LogP contribution < -0.4 is 5.32 Å². The van der Waals surface area contributed by atoms with E-state index in [9.17, 15) is 14.4 Å². The second kappa shape index (κ2) is 5.01. The SMILES string of the molecule is CC1(C)SC(C(=O)O)=C(C(=O)NCC(=O)O)S1. The Balaban J connectivity index is 2.85. The third-order valence-electron chi connectivity index (χ3n) is 1.70. The maximum absolute atomic E-state index is 11.6. The van der Waals surface area contributed by atoms with E-state index in [2.05, 4.69) is 5.32 Å². The summed E-state index contributed by atoms with van der Waals surface area (Å²) in [6.45, 7) is 3.06. The van der Waals surface area contributed by atoms with Crippen molar-refractivity contribution in [1.29, 1.82) is 0 Å². The molecule has 0 aliphatic carbocycles. The van der Waals surface area contributed by atoms with E-state index >= 15 is 0 Å². The van der Waals surface area contributed by atoms with Crippen LogP contribution in [0.3, 0.4) is 0 Å². The van der Waals surface area contributed by atoms with Gasteiger partial charge in [0, 0.05) is 0 Å². The summed E-state index contributed by atoms with van der Waals surface area (Å²) in [5, 5.41) is 19.5. The van der Waals surface area contributed by atoms with E-state index in [0.717, 1.165) is 23.5 Å². The zero-order valence-corrected chi connectivity index (χ0v) is 10.8.